The molecule has 25 heavy (non-hydrogen) atoms. The van der Waals surface area contributed by atoms with Crippen molar-refractivity contribution in [1.82, 2.24) is 0 Å². The molecule has 0 aliphatic carbocycles. The predicted molar refractivity (Wildman–Crippen MR) is 94.8 cm³/mol. The number of esters is 3. The Morgan fingerprint density at radius 3 is 1.92 bits per heavy atom. The molecule has 0 spiro atoms. The molecule has 0 saturated heterocycles. The highest BCUT2D eigenvalue weighted by Gasteiger charge is 2.42. The van der Waals surface area contributed by atoms with Gasteiger partial charge < -0.3 is 14.2 Å². The molecule has 0 radical (unpaired) electrons. The van der Waals surface area contributed by atoms with Gasteiger partial charge in [-0.3, -0.25) is 14.4 Å². The number of ether oxygens (including phenoxy) is 3. The molecule has 0 bridgehead atoms. The van der Waals surface area contributed by atoms with E-state index in [1.807, 2.05) is 13.8 Å². The number of hydrogen-bond donors (Lipinski definition) is 0. The minimum atomic E-state index is -0.853. The van der Waals surface area contributed by atoms with Crippen molar-refractivity contribution in [3.63, 3.8) is 0 Å². The highest BCUT2D eigenvalue weighted by Crippen LogP contribution is 2.37. The lowest BCUT2D eigenvalue weighted by atomic mass is 9.73. The van der Waals surface area contributed by atoms with E-state index in [9.17, 15) is 14.4 Å². The third-order valence-corrected chi connectivity index (χ3v) is 4.73. The molecule has 0 aliphatic rings. The number of hydrogen-bond acceptors (Lipinski definition) is 6. The Morgan fingerprint density at radius 2 is 1.48 bits per heavy atom. The number of carbonyl (C=O) groups is 3. The summed E-state index contributed by atoms with van der Waals surface area (Å²) in [5.41, 5.74) is -1.66. The molecule has 0 rings (SSSR count). The monoisotopic (exact) mass is 358 g/mol. The average molecular weight is 358 g/mol. The Balaban J connectivity index is 5.41. The lowest BCUT2D eigenvalue weighted by molar-refractivity contribution is -0.159. The molecule has 0 heterocycles. The van der Waals surface area contributed by atoms with Crippen LogP contribution < -0.4 is 0 Å². The fraction of sp³-hybridized carbons (Fsp3) is 0.842. The normalized spacial score (nSPS) is 15.0. The van der Waals surface area contributed by atoms with Crippen LogP contribution in [0, 0.1) is 16.7 Å². The number of carbonyl (C=O) groups excluding carboxylic acids is 3. The van der Waals surface area contributed by atoms with Crippen molar-refractivity contribution >= 4 is 17.9 Å². The summed E-state index contributed by atoms with van der Waals surface area (Å²) in [6.45, 7) is 9.46. The largest absolute Gasteiger partial charge is 0.469 e. The van der Waals surface area contributed by atoms with Crippen molar-refractivity contribution in [2.75, 3.05) is 20.8 Å². The molecule has 0 aliphatic heterocycles. The zero-order chi connectivity index (χ0) is 19.7. The van der Waals surface area contributed by atoms with Gasteiger partial charge in [0, 0.05) is 0 Å². The summed E-state index contributed by atoms with van der Waals surface area (Å²) in [6, 6.07) is 0. The smallest absolute Gasteiger partial charge is 0.311 e. The second kappa shape index (κ2) is 10.4. The summed E-state index contributed by atoms with van der Waals surface area (Å²) in [5, 5.41) is 0. The first-order valence-electron chi connectivity index (χ1n) is 8.91. The van der Waals surface area contributed by atoms with Crippen LogP contribution in [0.5, 0.6) is 0 Å². The van der Waals surface area contributed by atoms with Crippen LogP contribution in [0.4, 0.5) is 0 Å². The highest BCUT2D eigenvalue weighted by atomic mass is 16.5. The summed E-state index contributed by atoms with van der Waals surface area (Å²) < 4.78 is 15.1. The zero-order valence-electron chi connectivity index (χ0n) is 16.8. The molecule has 2 atom stereocenters. The van der Waals surface area contributed by atoms with Gasteiger partial charge in [-0.05, 0) is 46.5 Å². The lowest BCUT2D eigenvalue weighted by Gasteiger charge is -2.32. The molecule has 0 N–H and O–H groups in total. The Bertz CT molecular complexity index is 457. The molecule has 0 fully saturated rings. The van der Waals surface area contributed by atoms with Crippen LogP contribution in [-0.4, -0.2) is 38.7 Å². The second-order valence-electron chi connectivity index (χ2n) is 7.41. The summed E-state index contributed by atoms with van der Waals surface area (Å²) in [7, 11) is 2.66. The van der Waals surface area contributed by atoms with Gasteiger partial charge in [-0.2, -0.15) is 0 Å². The summed E-state index contributed by atoms with van der Waals surface area (Å²) in [4.78, 5) is 36.8. The van der Waals surface area contributed by atoms with Crippen LogP contribution in [0.1, 0.15) is 66.7 Å². The molecular formula is C19H34O6. The van der Waals surface area contributed by atoms with E-state index in [4.69, 9.17) is 14.2 Å². The van der Waals surface area contributed by atoms with E-state index in [0.717, 1.165) is 12.8 Å². The molecule has 0 aromatic carbocycles. The van der Waals surface area contributed by atoms with E-state index in [2.05, 4.69) is 0 Å². The summed E-state index contributed by atoms with van der Waals surface area (Å²) in [6.07, 6.45) is 2.73. The third-order valence-electron chi connectivity index (χ3n) is 4.73. The fourth-order valence-corrected chi connectivity index (χ4v) is 2.81. The average Bonchev–Trinajstić information content (AvgIpc) is 2.59. The van der Waals surface area contributed by atoms with Crippen molar-refractivity contribution in [3.05, 3.63) is 0 Å². The molecule has 6 heteroatoms. The second-order valence-corrected chi connectivity index (χ2v) is 7.41. The van der Waals surface area contributed by atoms with Gasteiger partial charge in [0.05, 0.1) is 37.6 Å². The predicted octanol–water partition coefficient (Wildman–Crippen LogP) is 3.51. The van der Waals surface area contributed by atoms with Gasteiger partial charge >= 0.3 is 17.9 Å². The van der Waals surface area contributed by atoms with E-state index in [-0.39, 0.29) is 24.8 Å². The van der Waals surface area contributed by atoms with Crippen LogP contribution in [0.3, 0.4) is 0 Å². The molecule has 6 nitrogen and oxygen atoms in total. The zero-order valence-corrected chi connectivity index (χ0v) is 16.8. The Labute approximate surface area is 151 Å². The molecule has 0 aromatic rings. The highest BCUT2D eigenvalue weighted by molar-refractivity contribution is 5.80. The van der Waals surface area contributed by atoms with E-state index < -0.39 is 22.7 Å². The van der Waals surface area contributed by atoms with Gasteiger partial charge in [0.25, 0.3) is 0 Å². The van der Waals surface area contributed by atoms with Gasteiger partial charge in [0.15, 0.2) is 0 Å². The standard InChI is InChI=1S/C19H34O6/c1-8-10-11-25-15(20)14(12-18(3,4)16(21)23-6)13-19(5,9-2)17(22)24-7/h14H,8-13H2,1-7H3. The molecule has 0 amide bonds. The number of methoxy groups -OCH3 is 2. The van der Waals surface area contributed by atoms with Gasteiger partial charge in [-0.1, -0.05) is 20.3 Å². The fourth-order valence-electron chi connectivity index (χ4n) is 2.81. The van der Waals surface area contributed by atoms with Gasteiger partial charge in [0.1, 0.15) is 0 Å². The molecule has 2 unspecified atom stereocenters. The molecule has 0 saturated carbocycles. The van der Waals surface area contributed by atoms with Crippen LogP contribution in [0.2, 0.25) is 0 Å². The van der Waals surface area contributed by atoms with Crippen molar-refractivity contribution in [3.8, 4) is 0 Å². The van der Waals surface area contributed by atoms with Crippen LogP contribution in [-0.2, 0) is 28.6 Å². The number of unbranched alkanes of at least 4 members (excludes halogenated alkanes) is 1. The van der Waals surface area contributed by atoms with Crippen LogP contribution in [0.25, 0.3) is 0 Å². The minimum absolute atomic E-state index is 0.247. The maximum atomic E-state index is 12.6. The van der Waals surface area contributed by atoms with Crippen molar-refractivity contribution in [2.45, 2.75) is 66.7 Å². The van der Waals surface area contributed by atoms with E-state index in [1.165, 1.54) is 14.2 Å². The Kier molecular flexibility index (Phi) is 9.75. The van der Waals surface area contributed by atoms with Crippen molar-refractivity contribution in [2.24, 2.45) is 16.7 Å². The van der Waals surface area contributed by atoms with E-state index in [1.54, 1.807) is 20.8 Å². The topological polar surface area (TPSA) is 78.9 Å². The molecular weight excluding hydrogens is 324 g/mol. The van der Waals surface area contributed by atoms with Gasteiger partial charge in [-0.15, -0.1) is 0 Å². The Morgan fingerprint density at radius 1 is 0.920 bits per heavy atom. The summed E-state index contributed by atoms with van der Waals surface area (Å²) in [5.74, 6) is -1.73. The Hall–Kier alpha value is -1.59. The first kappa shape index (κ1) is 23.4. The SMILES string of the molecule is CCCCOC(=O)C(CC(C)(C)C(=O)OC)CC(C)(CC)C(=O)OC. The third kappa shape index (κ3) is 7.04. The summed E-state index contributed by atoms with van der Waals surface area (Å²) >= 11 is 0. The minimum Gasteiger partial charge on any atom is -0.469 e. The van der Waals surface area contributed by atoms with Crippen molar-refractivity contribution < 1.29 is 28.6 Å². The lowest BCUT2D eigenvalue weighted by Crippen LogP contribution is -2.37. The van der Waals surface area contributed by atoms with Gasteiger partial charge in [0.2, 0.25) is 0 Å². The van der Waals surface area contributed by atoms with Crippen LogP contribution >= 0.6 is 0 Å². The first-order valence-corrected chi connectivity index (χ1v) is 8.91. The first-order chi connectivity index (χ1) is 11.6. The molecule has 146 valence electrons. The van der Waals surface area contributed by atoms with Gasteiger partial charge in [-0.25, -0.2) is 0 Å². The maximum Gasteiger partial charge on any atom is 0.311 e. The van der Waals surface area contributed by atoms with Crippen LogP contribution in [0.15, 0.2) is 0 Å². The quantitative estimate of drug-likeness (QED) is 0.319. The van der Waals surface area contributed by atoms with E-state index >= 15 is 0 Å². The number of rotatable bonds is 11. The van der Waals surface area contributed by atoms with E-state index in [0.29, 0.717) is 13.0 Å². The molecule has 0 aromatic heterocycles. The van der Waals surface area contributed by atoms with Crippen molar-refractivity contribution in [1.29, 1.82) is 0 Å². The maximum absolute atomic E-state index is 12.6.